The molecule has 1 amide bonds. The normalized spacial score (nSPS) is 10.7. The zero-order chi connectivity index (χ0) is 16.4. The average molecular weight is 371 g/mol. The molecule has 118 valence electrons. The minimum atomic E-state index is -0.611. The van der Waals surface area contributed by atoms with Crippen LogP contribution in [0.15, 0.2) is 16.9 Å². The fraction of sp³-hybridized carbons (Fsp3) is 0.417. The molecule has 2 aromatic heterocycles. The van der Waals surface area contributed by atoms with Gasteiger partial charge in [-0.05, 0) is 22.9 Å². The van der Waals surface area contributed by atoms with E-state index in [-0.39, 0.29) is 17.9 Å². The van der Waals surface area contributed by atoms with Crippen LogP contribution in [0.3, 0.4) is 0 Å². The standard InChI is InChI=1S/C12H15BrN6O3/c1-4-18-10(8(13)5-15-18)7-16(2)12(20)11-9(19(21)22)6-14-17(11)3/h5-6H,4,7H2,1-3H3. The van der Waals surface area contributed by atoms with Crippen LogP contribution in [0.2, 0.25) is 0 Å². The summed E-state index contributed by atoms with van der Waals surface area (Å²) in [5, 5.41) is 19.0. The van der Waals surface area contributed by atoms with E-state index in [0.717, 1.165) is 16.4 Å². The first-order chi connectivity index (χ1) is 10.4. The maximum atomic E-state index is 12.5. The van der Waals surface area contributed by atoms with E-state index in [4.69, 9.17) is 0 Å². The number of halogens is 1. The van der Waals surface area contributed by atoms with Gasteiger partial charge in [0.05, 0.1) is 27.8 Å². The molecule has 0 spiro atoms. The molecule has 0 aromatic carbocycles. The van der Waals surface area contributed by atoms with Gasteiger partial charge in [-0.1, -0.05) is 0 Å². The van der Waals surface area contributed by atoms with Crippen LogP contribution < -0.4 is 0 Å². The Bertz CT molecular complexity index is 723. The molecule has 2 aromatic rings. The Morgan fingerprint density at radius 3 is 2.73 bits per heavy atom. The van der Waals surface area contributed by atoms with Crippen molar-refractivity contribution in [2.45, 2.75) is 20.0 Å². The van der Waals surface area contributed by atoms with E-state index in [1.165, 1.54) is 16.6 Å². The number of hydrogen-bond acceptors (Lipinski definition) is 5. The van der Waals surface area contributed by atoms with Gasteiger partial charge in [0.25, 0.3) is 5.91 Å². The van der Waals surface area contributed by atoms with E-state index in [0.29, 0.717) is 6.54 Å². The third-order valence-electron chi connectivity index (χ3n) is 3.25. The number of carbonyl (C=O) groups is 1. The van der Waals surface area contributed by atoms with Gasteiger partial charge < -0.3 is 4.90 Å². The monoisotopic (exact) mass is 370 g/mol. The first-order valence-corrected chi connectivity index (χ1v) is 7.28. The zero-order valence-corrected chi connectivity index (χ0v) is 13.9. The molecule has 22 heavy (non-hydrogen) atoms. The van der Waals surface area contributed by atoms with Crippen molar-refractivity contribution >= 4 is 27.5 Å². The first-order valence-electron chi connectivity index (χ1n) is 6.48. The van der Waals surface area contributed by atoms with Crippen LogP contribution >= 0.6 is 15.9 Å². The van der Waals surface area contributed by atoms with Crippen LogP contribution in [-0.4, -0.2) is 42.3 Å². The van der Waals surface area contributed by atoms with Gasteiger partial charge in [0.1, 0.15) is 6.20 Å². The molecule has 10 heteroatoms. The molecule has 2 heterocycles. The van der Waals surface area contributed by atoms with Crippen molar-refractivity contribution < 1.29 is 9.72 Å². The summed E-state index contributed by atoms with van der Waals surface area (Å²) in [7, 11) is 3.08. The predicted molar refractivity (Wildman–Crippen MR) is 81.3 cm³/mol. The molecule has 2 rings (SSSR count). The number of nitrogens with zero attached hydrogens (tertiary/aromatic N) is 6. The van der Waals surface area contributed by atoms with E-state index >= 15 is 0 Å². The molecule has 0 aliphatic rings. The largest absolute Gasteiger partial charge is 0.334 e. The quantitative estimate of drug-likeness (QED) is 0.587. The Kier molecular flexibility index (Phi) is 4.59. The number of nitro groups is 1. The predicted octanol–water partition coefficient (Wildman–Crippen LogP) is 1.58. The van der Waals surface area contributed by atoms with Crippen LogP contribution in [0.25, 0.3) is 0 Å². The molecule has 0 aliphatic heterocycles. The summed E-state index contributed by atoms with van der Waals surface area (Å²) in [6.07, 6.45) is 2.73. The summed E-state index contributed by atoms with van der Waals surface area (Å²) in [6, 6.07) is 0. The van der Waals surface area contributed by atoms with E-state index in [1.54, 1.807) is 17.9 Å². The first kappa shape index (κ1) is 16.1. The minimum Gasteiger partial charge on any atom is -0.334 e. The Morgan fingerprint density at radius 2 is 2.14 bits per heavy atom. The molecular formula is C12H15BrN6O3. The number of carbonyl (C=O) groups excluding carboxylic acids is 1. The van der Waals surface area contributed by atoms with Crippen molar-refractivity contribution in [3.05, 3.63) is 38.4 Å². The van der Waals surface area contributed by atoms with E-state index in [1.807, 2.05) is 6.92 Å². The summed E-state index contributed by atoms with van der Waals surface area (Å²) < 4.78 is 3.75. The molecule has 0 saturated carbocycles. The fourth-order valence-electron chi connectivity index (χ4n) is 2.10. The van der Waals surface area contributed by atoms with Crippen molar-refractivity contribution in [3.63, 3.8) is 0 Å². The van der Waals surface area contributed by atoms with Crippen LogP contribution in [0, 0.1) is 10.1 Å². The minimum absolute atomic E-state index is 0.0498. The fourth-order valence-corrected chi connectivity index (χ4v) is 2.52. The molecule has 0 radical (unpaired) electrons. The summed E-state index contributed by atoms with van der Waals surface area (Å²) >= 11 is 3.39. The topological polar surface area (TPSA) is 99.1 Å². The number of aromatic nitrogens is 4. The molecule has 9 nitrogen and oxygen atoms in total. The van der Waals surface area contributed by atoms with Crippen LogP contribution in [0.5, 0.6) is 0 Å². The van der Waals surface area contributed by atoms with Crippen molar-refractivity contribution in [3.8, 4) is 0 Å². The second-order valence-electron chi connectivity index (χ2n) is 4.68. The Hall–Kier alpha value is -2.23. The lowest BCUT2D eigenvalue weighted by Gasteiger charge is -2.18. The summed E-state index contributed by atoms with van der Waals surface area (Å²) in [6.45, 7) is 2.88. The molecule has 0 fully saturated rings. The van der Waals surface area contributed by atoms with Gasteiger partial charge in [-0.2, -0.15) is 10.2 Å². The maximum Gasteiger partial charge on any atom is 0.320 e. The summed E-state index contributed by atoms with van der Waals surface area (Å²) in [4.78, 5) is 24.3. The molecular weight excluding hydrogens is 356 g/mol. The highest BCUT2D eigenvalue weighted by molar-refractivity contribution is 9.10. The van der Waals surface area contributed by atoms with E-state index < -0.39 is 10.8 Å². The van der Waals surface area contributed by atoms with Gasteiger partial charge in [-0.25, -0.2) is 0 Å². The highest BCUT2D eigenvalue weighted by atomic mass is 79.9. The van der Waals surface area contributed by atoms with Gasteiger partial charge in [0, 0.05) is 20.6 Å². The van der Waals surface area contributed by atoms with Gasteiger partial charge in [0.15, 0.2) is 0 Å². The Balaban J connectivity index is 2.28. The molecule has 0 aliphatic carbocycles. The summed E-state index contributed by atoms with van der Waals surface area (Å²) in [5.41, 5.74) is 0.469. The van der Waals surface area contributed by atoms with Crippen LogP contribution in [0.1, 0.15) is 23.1 Å². The van der Waals surface area contributed by atoms with Crippen LogP contribution in [-0.2, 0) is 20.1 Å². The van der Waals surface area contributed by atoms with Gasteiger partial charge in [-0.15, -0.1) is 0 Å². The third kappa shape index (κ3) is 2.86. The van der Waals surface area contributed by atoms with Crippen LogP contribution in [0.4, 0.5) is 5.69 Å². The second kappa shape index (κ2) is 6.26. The average Bonchev–Trinajstić information content (AvgIpc) is 3.02. The lowest BCUT2D eigenvalue weighted by molar-refractivity contribution is -0.385. The van der Waals surface area contributed by atoms with Crippen molar-refractivity contribution in [1.29, 1.82) is 0 Å². The summed E-state index contributed by atoms with van der Waals surface area (Å²) in [5.74, 6) is -0.470. The van der Waals surface area contributed by atoms with E-state index in [9.17, 15) is 14.9 Å². The SMILES string of the molecule is CCn1ncc(Br)c1CN(C)C(=O)c1c([N+](=O)[O-])cnn1C. The Labute approximate surface area is 134 Å². The number of rotatable bonds is 5. The third-order valence-corrected chi connectivity index (χ3v) is 3.91. The van der Waals surface area contributed by atoms with Gasteiger partial charge >= 0.3 is 5.69 Å². The number of aryl methyl sites for hydroxylation is 2. The van der Waals surface area contributed by atoms with Crippen molar-refractivity contribution in [2.24, 2.45) is 7.05 Å². The van der Waals surface area contributed by atoms with E-state index in [2.05, 4.69) is 26.1 Å². The highest BCUT2D eigenvalue weighted by Crippen LogP contribution is 2.21. The smallest absolute Gasteiger partial charge is 0.320 e. The lowest BCUT2D eigenvalue weighted by Crippen LogP contribution is -2.29. The number of amides is 1. The molecule has 0 bridgehead atoms. The van der Waals surface area contributed by atoms with Gasteiger partial charge in [-0.3, -0.25) is 24.3 Å². The Morgan fingerprint density at radius 1 is 1.45 bits per heavy atom. The molecule has 0 saturated heterocycles. The van der Waals surface area contributed by atoms with Crippen molar-refractivity contribution in [1.82, 2.24) is 24.5 Å². The molecule has 0 unspecified atom stereocenters. The zero-order valence-electron chi connectivity index (χ0n) is 12.4. The molecule has 0 atom stereocenters. The highest BCUT2D eigenvalue weighted by Gasteiger charge is 2.28. The maximum absolute atomic E-state index is 12.5. The van der Waals surface area contributed by atoms with Gasteiger partial charge in [0.2, 0.25) is 5.69 Å². The lowest BCUT2D eigenvalue weighted by atomic mass is 10.3. The second-order valence-corrected chi connectivity index (χ2v) is 5.53. The van der Waals surface area contributed by atoms with Crippen molar-refractivity contribution in [2.75, 3.05) is 7.05 Å². The molecule has 0 N–H and O–H groups in total. The number of hydrogen-bond donors (Lipinski definition) is 0.